The van der Waals surface area contributed by atoms with E-state index in [-0.39, 0.29) is 0 Å². The molecule has 0 aliphatic heterocycles. The van der Waals surface area contributed by atoms with Crippen LogP contribution in [-0.4, -0.2) is 4.98 Å². The Morgan fingerprint density at radius 1 is 1.22 bits per heavy atom. The number of pyridine rings is 1. The minimum Gasteiger partial charge on any atom is -0.487 e. The average molecular weight is 239 g/mol. The molecular formula is C15H13NO2. The van der Waals surface area contributed by atoms with E-state index >= 15 is 0 Å². The third-order valence-corrected chi connectivity index (χ3v) is 2.91. The zero-order valence-corrected chi connectivity index (χ0v) is 10.1. The van der Waals surface area contributed by atoms with Gasteiger partial charge in [0.05, 0.1) is 12.5 Å². The van der Waals surface area contributed by atoms with Crippen LogP contribution in [0, 0.1) is 6.92 Å². The molecule has 0 aliphatic rings. The number of furan rings is 1. The molecule has 0 atom stereocenters. The lowest BCUT2D eigenvalue weighted by Gasteiger charge is -2.03. The number of aromatic nitrogens is 1. The Morgan fingerprint density at radius 3 is 3.00 bits per heavy atom. The Balaban J connectivity index is 1.85. The first-order valence-corrected chi connectivity index (χ1v) is 5.83. The standard InChI is InChI=1S/C15H13NO2/c1-11-4-2-6-14-12(10-18-15(11)14)9-17-13-5-3-7-16-8-13/h2-8,10H,9H2,1H3. The van der Waals surface area contributed by atoms with Crippen molar-refractivity contribution < 1.29 is 9.15 Å². The van der Waals surface area contributed by atoms with Crippen LogP contribution in [0.4, 0.5) is 0 Å². The average Bonchev–Trinajstić information content (AvgIpc) is 2.82. The Labute approximate surface area is 105 Å². The lowest BCUT2D eigenvalue weighted by Crippen LogP contribution is -1.94. The van der Waals surface area contributed by atoms with Gasteiger partial charge in [0.25, 0.3) is 0 Å². The van der Waals surface area contributed by atoms with E-state index in [1.165, 1.54) is 0 Å². The van der Waals surface area contributed by atoms with Crippen LogP contribution in [0.2, 0.25) is 0 Å². The van der Waals surface area contributed by atoms with E-state index in [2.05, 4.69) is 4.98 Å². The Morgan fingerprint density at radius 2 is 2.17 bits per heavy atom. The van der Waals surface area contributed by atoms with Gasteiger partial charge in [0.15, 0.2) is 0 Å². The minimum absolute atomic E-state index is 0.488. The van der Waals surface area contributed by atoms with Gasteiger partial charge in [0.1, 0.15) is 17.9 Å². The highest BCUT2D eigenvalue weighted by Gasteiger charge is 2.07. The first kappa shape index (κ1) is 10.8. The molecule has 0 bridgehead atoms. The maximum absolute atomic E-state index is 5.68. The van der Waals surface area contributed by atoms with E-state index in [4.69, 9.17) is 9.15 Å². The summed E-state index contributed by atoms with van der Waals surface area (Å²) in [5.74, 6) is 0.763. The van der Waals surface area contributed by atoms with E-state index in [1.54, 1.807) is 18.7 Å². The van der Waals surface area contributed by atoms with Gasteiger partial charge in [-0.25, -0.2) is 0 Å². The molecule has 0 spiro atoms. The summed E-state index contributed by atoms with van der Waals surface area (Å²) in [5.41, 5.74) is 3.12. The number of rotatable bonds is 3. The zero-order valence-electron chi connectivity index (χ0n) is 10.1. The van der Waals surface area contributed by atoms with Crippen molar-refractivity contribution in [3.05, 3.63) is 60.1 Å². The zero-order chi connectivity index (χ0) is 12.4. The molecule has 0 saturated carbocycles. The number of benzene rings is 1. The highest BCUT2D eigenvalue weighted by atomic mass is 16.5. The Bertz CT molecular complexity index is 659. The number of aryl methyl sites for hydroxylation is 1. The molecular weight excluding hydrogens is 226 g/mol. The normalized spacial score (nSPS) is 10.7. The van der Waals surface area contributed by atoms with E-state index in [0.717, 1.165) is 27.8 Å². The summed E-state index contributed by atoms with van der Waals surface area (Å²) in [6.45, 7) is 2.53. The van der Waals surface area contributed by atoms with E-state index in [1.807, 2.05) is 37.3 Å². The molecule has 0 N–H and O–H groups in total. The lowest BCUT2D eigenvalue weighted by atomic mass is 10.1. The summed E-state index contributed by atoms with van der Waals surface area (Å²) in [5, 5.41) is 1.11. The lowest BCUT2D eigenvalue weighted by molar-refractivity contribution is 0.304. The van der Waals surface area contributed by atoms with Gasteiger partial charge in [0, 0.05) is 17.1 Å². The summed E-state index contributed by atoms with van der Waals surface area (Å²) in [6.07, 6.45) is 5.19. The second kappa shape index (κ2) is 4.53. The highest BCUT2D eigenvalue weighted by Crippen LogP contribution is 2.25. The highest BCUT2D eigenvalue weighted by molar-refractivity contribution is 5.83. The molecule has 2 heterocycles. The molecule has 90 valence electrons. The number of ether oxygens (including phenoxy) is 1. The quantitative estimate of drug-likeness (QED) is 0.698. The fraction of sp³-hybridized carbons (Fsp3) is 0.133. The van der Waals surface area contributed by atoms with Crippen molar-refractivity contribution in [2.45, 2.75) is 13.5 Å². The molecule has 0 fully saturated rings. The SMILES string of the molecule is Cc1cccc2c(COc3cccnc3)coc12. The maximum atomic E-state index is 5.68. The second-order valence-electron chi connectivity index (χ2n) is 4.19. The summed E-state index contributed by atoms with van der Waals surface area (Å²) < 4.78 is 11.2. The van der Waals surface area contributed by atoms with Crippen molar-refractivity contribution in [1.82, 2.24) is 4.98 Å². The Kier molecular flexibility index (Phi) is 2.73. The largest absolute Gasteiger partial charge is 0.487 e. The van der Waals surface area contributed by atoms with Gasteiger partial charge in [-0.05, 0) is 24.6 Å². The van der Waals surface area contributed by atoms with E-state index < -0.39 is 0 Å². The van der Waals surface area contributed by atoms with Crippen LogP contribution >= 0.6 is 0 Å². The van der Waals surface area contributed by atoms with Gasteiger partial charge in [0.2, 0.25) is 0 Å². The summed E-state index contributed by atoms with van der Waals surface area (Å²) in [6, 6.07) is 9.86. The van der Waals surface area contributed by atoms with Gasteiger partial charge >= 0.3 is 0 Å². The van der Waals surface area contributed by atoms with Gasteiger partial charge in [-0.2, -0.15) is 0 Å². The van der Waals surface area contributed by atoms with Crippen LogP contribution in [0.1, 0.15) is 11.1 Å². The number of para-hydroxylation sites is 1. The van der Waals surface area contributed by atoms with Crippen molar-refractivity contribution in [3.63, 3.8) is 0 Å². The van der Waals surface area contributed by atoms with Crippen LogP contribution < -0.4 is 4.74 Å². The predicted octanol–water partition coefficient (Wildman–Crippen LogP) is 3.72. The predicted molar refractivity (Wildman–Crippen MR) is 69.5 cm³/mol. The summed E-state index contributed by atoms with van der Waals surface area (Å²) >= 11 is 0. The van der Waals surface area contributed by atoms with Crippen LogP contribution in [0.5, 0.6) is 5.75 Å². The molecule has 3 aromatic rings. The van der Waals surface area contributed by atoms with Gasteiger partial charge in [-0.15, -0.1) is 0 Å². The second-order valence-corrected chi connectivity index (χ2v) is 4.19. The molecule has 18 heavy (non-hydrogen) atoms. The molecule has 3 rings (SSSR count). The number of hydrogen-bond donors (Lipinski definition) is 0. The van der Waals surface area contributed by atoms with Crippen molar-refractivity contribution in [3.8, 4) is 5.75 Å². The van der Waals surface area contributed by atoms with Crippen LogP contribution in [0.3, 0.4) is 0 Å². The molecule has 0 radical (unpaired) electrons. The first-order valence-electron chi connectivity index (χ1n) is 5.83. The van der Waals surface area contributed by atoms with Gasteiger partial charge in [-0.1, -0.05) is 18.2 Å². The van der Waals surface area contributed by atoms with Crippen LogP contribution in [0.15, 0.2) is 53.4 Å². The van der Waals surface area contributed by atoms with Gasteiger partial charge < -0.3 is 9.15 Å². The van der Waals surface area contributed by atoms with E-state index in [9.17, 15) is 0 Å². The topological polar surface area (TPSA) is 35.3 Å². The van der Waals surface area contributed by atoms with Crippen molar-refractivity contribution >= 4 is 11.0 Å². The molecule has 3 heteroatoms. The van der Waals surface area contributed by atoms with Gasteiger partial charge in [-0.3, -0.25) is 4.98 Å². The van der Waals surface area contributed by atoms with Crippen molar-refractivity contribution in [2.24, 2.45) is 0 Å². The molecule has 0 amide bonds. The molecule has 3 nitrogen and oxygen atoms in total. The third kappa shape index (κ3) is 1.95. The molecule has 0 saturated heterocycles. The smallest absolute Gasteiger partial charge is 0.138 e. The molecule has 2 aromatic heterocycles. The monoisotopic (exact) mass is 239 g/mol. The molecule has 0 aliphatic carbocycles. The summed E-state index contributed by atoms with van der Waals surface area (Å²) in [7, 11) is 0. The maximum Gasteiger partial charge on any atom is 0.138 e. The third-order valence-electron chi connectivity index (χ3n) is 2.91. The summed E-state index contributed by atoms with van der Waals surface area (Å²) in [4.78, 5) is 4.01. The van der Waals surface area contributed by atoms with Crippen molar-refractivity contribution in [1.29, 1.82) is 0 Å². The fourth-order valence-electron chi connectivity index (χ4n) is 1.96. The molecule has 1 aromatic carbocycles. The number of fused-ring (bicyclic) bond motifs is 1. The van der Waals surface area contributed by atoms with Crippen molar-refractivity contribution in [2.75, 3.05) is 0 Å². The Hall–Kier alpha value is -2.29. The minimum atomic E-state index is 0.488. The number of hydrogen-bond acceptors (Lipinski definition) is 3. The van der Waals surface area contributed by atoms with Crippen LogP contribution in [0.25, 0.3) is 11.0 Å². The van der Waals surface area contributed by atoms with Crippen LogP contribution in [-0.2, 0) is 6.61 Å². The fourth-order valence-corrected chi connectivity index (χ4v) is 1.96. The van der Waals surface area contributed by atoms with E-state index in [0.29, 0.717) is 6.61 Å². The molecule has 0 unspecified atom stereocenters. The first-order chi connectivity index (χ1) is 8.84. The number of nitrogens with zero attached hydrogens (tertiary/aromatic N) is 1.